The lowest BCUT2D eigenvalue weighted by Crippen LogP contribution is -2.05. The summed E-state index contributed by atoms with van der Waals surface area (Å²) in [6.07, 6.45) is 1.90. The predicted octanol–water partition coefficient (Wildman–Crippen LogP) is 4.78. The minimum absolute atomic E-state index is 0.359. The number of nitrogens with zero attached hydrogens (tertiary/aromatic N) is 5. The van der Waals surface area contributed by atoms with E-state index in [0.29, 0.717) is 29.4 Å². The molecule has 0 aliphatic rings. The first kappa shape index (κ1) is 19.3. The Balaban J connectivity index is 1.28. The van der Waals surface area contributed by atoms with Crippen LogP contribution >= 0.6 is 11.3 Å². The van der Waals surface area contributed by atoms with Crippen LogP contribution in [0.4, 0.5) is 10.2 Å². The summed E-state index contributed by atoms with van der Waals surface area (Å²) in [5.41, 5.74) is 3.20. The Kier molecular flexibility index (Phi) is 5.37. The van der Waals surface area contributed by atoms with Crippen molar-refractivity contribution in [1.82, 2.24) is 24.8 Å². The molecule has 0 saturated carbocycles. The van der Waals surface area contributed by atoms with Gasteiger partial charge in [-0.2, -0.15) is 4.52 Å². The minimum atomic E-state index is -0.359. The zero-order chi connectivity index (χ0) is 21.0. The van der Waals surface area contributed by atoms with Gasteiger partial charge in [-0.15, -0.1) is 26.6 Å². The maximum atomic E-state index is 14.2. The molecule has 31 heavy (non-hydrogen) atoms. The maximum Gasteiger partial charge on any atom is 0.188 e. The fraction of sp³-hybridized carbons (Fsp3) is 0.130. The lowest BCUT2D eigenvalue weighted by atomic mass is 10.1. The third-order valence-electron chi connectivity index (χ3n) is 4.90. The third-order valence-corrected chi connectivity index (χ3v) is 5.86. The molecule has 2 aromatic carbocycles. The van der Waals surface area contributed by atoms with Gasteiger partial charge in [0.1, 0.15) is 11.6 Å². The number of hydrogen-bond acceptors (Lipinski definition) is 6. The van der Waals surface area contributed by atoms with Crippen LogP contribution in [-0.2, 0) is 19.4 Å². The van der Waals surface area contributed by atoms with E-state index in [-0.39, 0.29) is 5.82 Å². The molecule has 0 radical (unpaired) electrons. The second kappa shape index (κ2) is 8.61. The van der Waals surface area contributed by atoms with E-state index in [0.717, 1.165) is 23.5 Å². The average molecular weight is 431 g/mol. The summed E-state index contributed by atoms with van der Waals surface area (Å²) in [4.78, 5) is 4.72. The molecule has 8 heteroatoms. The summed E-state index contributed by atoms with van der Waals surface area (Å²) < 4.78 is 15.7. The molecule has 0 fully saturated rings. The van der Waals surface area contributed by atoms with Gasteiger partial charge in [0.15, 0.2) is 11.5 Å². The monoisotopic (exact) mass is 430 g/mol. The van der Waals surface area contributed by atoms with Crippen LogP contribution in [0.3, 0.4) is 0 Å². The molecule has 0 unspecified atom stereocenters. The Labute approximate surface area is 182 Å². The number of benzene rings is 2. The fourth-order valence-electron chi connectivity index (χ4n) is 3.32. The standard InChI is InChI=1S/C23H19FN6S/c24-19-9-5-4-8-18(19)23-28-27-21-12-11-20(29-30(21)23)25-14-17-15-31-22(26-17)13-10-16-6-2-1-3-7-16/h1-9,11-12,15H,10,13-14H2,(H,25,29). The number of halogens is 1. The number of anilines is 1. The second-order valence-electron chi connectivity index (χ2n) is 7.06. The SMILES string of the molecule is Fc1ccccc1-c1nnc2ccc(NCc3csc(CCc4ccccc4)n3)nn12. The number of hydrogen-bond donors (Lipinski definition) is 1. The highest BCUT2D eigenvalue weighted by molar-refractivity contribution is 7.09. The topological polar surface area (TPSA) is 68.0 Å². The summed E-state index contributed by atoms with van der Waals surface area (Å²) in [7, 11) is 0. The highest BCUT2D eigenvalue weighted by Gasteiger charge is 2.13. The number of nitrogens with one attached hydrogen (secondary N) is 1. The lowest BCUT2D eigenvalue weighted by molar-refractivity contribution is 0.629. The molecule has 0 aliphatic carbocycles. The molecule has 3 aromatic heterocycles. The van der Waals surface area contributed by atoms with Crippen LogP contribution in [0.25, 0.3) is 17.0 Å². The zero-order valence-corrected chi connectivity index (χ0v) is 17.4. The van der Waals surface area contributed by atoms with Crippen molar-refractivity contribution >= 4 is 22.8 Å². The first-order valence-corrected chi connectivity index (χ1v) is 10.8. The predicted molar refractivity (Wildman–Crippen MR) is 119 cm³/mol. The van der Waals surface area contributed by atoms with E-state index < -0.39 is 0 Å². The highest BCUT2D eigenvalue weighted by Crippen LogP contribution is 2.21. The van der Waals surface area contributed by atoms with Crippen molar-refractivity contribution in [2.75, 3.05) is 5.32 Å². The van der Waals surface area contributed by atoms with Crippen LogP contribution in [0, 0.1) is 5.82 Å². The van der Waals surface area contributed by atoms with Crippen molar-refractivity contribution in [3.8, 4) is 11.4 Å². The van der Waals surface area contributed by atoms with E-state index in [1.165, 1.54) is 11.6 Å². The van der Waals surface area contributed by atoms with Gasteiger partial charge >= 0.3 is 0 Å². The number of thiazole rings is 1. The molecule has 0 amide bonds. The average Bonchev–Trinajstić information content (AvgIpc) is 3.44. The molecule has 5 rings (SSSR count). The van der Waals surface area contributed by atoms with Gasteiger partial charge in [0.05, 0.1) is 22.8 Å². The second-order valence-corrected chi connectivity index (χ2v) is 8.01. The van der Waals surface area contributed by atoms with Gasteiger partial charge in [-0.25, -0.2) is 9.37 Å². The fourth-order valence-corrected chi connectivity index (χ4v) is 4.11. The smallest absolute Gasteiger partial charge is 0.188 e. The van der Waals surface area contributed by atoms with Crippen LogP contribution in [0.2, 0.25) is 0 Å². The molecular formula is C23H19FN6S. The molecule has 0 aliphatic heterocycles. The van der Waals surface area contributed by atoms with Gasteiger partial charge in [0.2, 0.25) is 0 Å². The Hall–Kier alpha value is -3.65. The molecule has 0 spiro atoms. The van der Waals surface area contributed by atoms with Crippen molar-refractivity contribution < 1.29 is 4.39 Å². The van der Waals surface area contributed by atoms with Crippen LogP contribution in [-0.4, -0.2) is 24.8 Å². The van der Waals surface area contributed by atoms with E-state index in [2.05, 4.69) is 50.3 Å². The van der Waals surface area contributed by atoms with E-state index in [1.54, 1.807) is 40.1 Å². The summed E-state index contributed by atoms with van der Waals surface area (Å²) in [6, 6.07) is 20.5. The largest absolute Gasteiger partial charge is 0.363 e. The first-order valence-electron chi connectivity index (χ1n) is 9.95. The number of aryl methyl sites for hydroxylation is 2. The Bertz CT molecular complexity index is 1310. The summed E-state index contributed by atoms with van der Waals surface area (Å²) in [5, 5.41) is 19.2. The molecule has 6 nitrogen and oxygen atoms in total. The summed E-state index contributed by atoms with van der Waals surface area (Å²) >= 11 is 1.67. The Morgan fingerprint density at radius 3 is 2.61 bits per heavy atom. The lowest BCUT2D eigenvalue weighted by Gasteiger charge is -2.05. The molecule has 154 valence electrons. The molecule has 5 aromatic rings. The third kappa shape index (κ3) is 4.29. The zero-order valence-electron chi connectivity index (χ0n) is 16.6. The minimum Gasteiger partial charge on any atom is -0.363 e. The van der Waals surface area contributed by atoms with Gasteiger partial charge in [0.25, 0.3) is 0 Å². The molecule has 3 heterocycles. The molecule has 0 saturated heterocycles. The molecular weight excluding hydrogens is 411 g/mol. The van der Waals surface area contributed by atoms with Crippen molar-refractivity contribution in [3.63, 3.8) is 0 Å². The van der Waals surface area contributed by atoms with Crippen LogP contribution in [0.15, 0.2) is 72.1 Å². The van der Waals surface area contributed by atoms with Crippen LogP contribution < -0.4 is 5.32 Å². The van der Waals surface area contributed by atoms with Crippen molar-refractivity contribution in [2.45, 2.75) is 19.4 Å². The van der Waals surface area contributed by atoms with Gasteiger partial charge in [-0.3, -0.25) is 0 Å². The molecule has 1 N–H and O–H groups in total. The maximum absolute atomic E-state index is 14.2. The van der Waals surface area contributed by atoms with E-state index in [4.69, 9.17) is 4.98 Å². The van der Waals surface area contributed by atoms with E-state index in [9.17, 15) is 4.39 Å². The normalized spacial score (nSPS) is 11.1. The van der Waals surface area contributed by atoms with Gasteiger partial charge in [-0.05, 0) is 36.2 Å². The van der Waals surface area contributed by atoms with Crippen molar-refractivity contribution in [2.24, 2.45) is 0 Å². The Morgan fingerprint density at radius 1 is 0.903 bits per heavy atom. The summed E-state index contributed by atoms with van der Waals surface area (Å²) in [6.45, 7) is 0.553. The van der Waals surface area contributed by atoms with E-state index in [1.807, 2.05) is 12.1 Å². The van der Waals surface area contributed by atoms with Crippen LogP contribution in [0.5, 0.6) is 0 Å². The van der Waals surface area contributed by atoms with Crippen molar-refractivity contribution in [1.29, 1.82) is 0 Å². The highest BCUT2D eigenvalue weighted by atomic mass is 32.1. The number of rotatable bonds is 7. The van der Waals surface area contributed by atoms with Gasteiger partial charge in [0, 0.05) is 11.8 Å². The van der Waals surface area contributed by atoms with E-state index >= 15 is 0 Å². The Morgan fingerprint density at radius 2 is 1.74 bits per heavy atom. The number of aromatic nitrogens is 5. The number of fused-ring (bicyclic) bond motifs is 1. The van der Waals surface area contributed by atoms with Crippen LogP contribution in [0.1, 0.15) is 16.3 Å². The van der Waals surface area contributed by atoms with Gasteiger partial charge < -0.3 is 5.32 Å². The van der Waals surface area contributed by atoms with Gasteiger partial charge in [-0.1, -0.05) is 42.5 Å². The first-order chi connectivity index (χ1) is 15.3. The van der Waals surface area contributed by atoms with Crippen molar-refractivity contribution in [3.05, 3.63) is 94.2 Å². The quantitative estimate of drug-likeness (QED) is 0.402. The molecule has 0 atom stereocenters. The molecule has 0 bridgehead atoms. The summed E-state index contributed by atoms with van der Waals surface area (Å²) in [5.74, 6) is 0.653.